The van der Waals surface area contributed by atoms with E-state index in [-0.39, 0.29) is 5.56 Å². The predicted octanol–water partition coefficient (Wildman–Crippen LogP) is 0.281. The van der Waals surface area contributed by atoms with Gasteiger partial charge in [0.1, 0.15) is 6.04 Å². The summed E-state index contributed by atoms with van der Waals surface area (Å²) in [5, 5.41) is 19.9. The number of rotatable bonds is 7. The highest BCUT2D eigenvalue weighted by atomic mass is 32.2. The largest absolute Gasteiger partial charge is 0.480 e. The number of aliphatic carboxylic acids is 1. The molecule has 1 aromatic carbocycles. The Labute approximate surface area is 120 Å². The Morgan fingerprint density at radius 2 is 2.14 bits per heavy atom. The summed E-state index contributed by atoms with van der Waals surface area (Å²) in [5.41, 5.74) is -0.484. The number of sulfonamides is 1. The Hall–Kier alpha value is -2.04. The van der Waals surface area contributed by atoms with Crippen molar-refractivity contribution in [1.82, 2.24) is 4.72 Å². The molecule has 0 aliphatic carbocycles. The van der Waals surface area contributed by atoms with E-state index < -0.39 is 44.1 Å². The van der Waals surface area contributed by atoms with Crippen LogP contribution in [-0.4, -0.2) is 44.2 Å². The molecular weight excluding hydrogens is 304 g/mol. The second-order valence-corrected chi connectivity index (χ2v) is 5.80. The van der Waals surface area contributed by atoms with Crippen molar-refractivity contribution in [1.29, 1.82) is 0 Å². The maximum Gasteiger partial charge on any atom is 0.324 e. The summed E-state index contributed by atoms with van der Waals surface area (Å²) < 4.78 is 31.0. The quantitative estimate of drug-likeness (QED) is 0.544. The van der Waals surface area contributed by atoms with Gasteiger partial charge in [0.05, 0.1) is 11.5 Å². The van der Waals surface area contributed by atoms with E-state index in [1.807, 2.05) is 4.72 Å². The first-order chi connectivity index (χ1) is 9.70. The summed E-state index contributed by atoms with van der Waals surface area (Å²) in [6.07, 6.45) is 0. The molecule has 9 nitrogen and oxygen atoms in total. The fraction of sp³-hybridized carbons (Fsp3) is 0.364. The van der Waals surface area contributed by atoms with Gasteiger partial charge in [0.25, 0.3) is 5.69 Å². The molecule has 0 aliphatic heterocycles. The van der Waals surface area contributed by atoms with Gasteiger partial charge < -0.3 is 9.84 Å². The number of nitro groups is 1. The minimum atomic E-state index is -4.39. The molecule has 0 saturated heterocycles. The lowest BCUT2D eigenvalue weighted by atomic mass is 10.2. The van der Waals surface area contributed by atoms with Crippen molar-refractivity contribution in [3.05, 3.63) is 33.9 Å². The molecular formula is C11H14N2O7S. The first-order valence-electron chi connectivity index (χ1n) is 5.68. The van der Waals surface area contributed by atoms with Crippen molar-refractivity contribution < 1.29 is 28.0 Å². The van der Waals surface area contributed by atoms with Crippen LogP contribution in [0.1, 0.15) is 5.56 Å². The van der Waals surface area contributed by atoms with Crippen molar-refractivity contribution in [2.24, 2.45) is 0 Å². The standard InChI is InChI=1S/C11H14N2O7S/c1-7-4-3-5-9(13(16)17)10(7)21(18,19)12-8(6-20-2)11(14)15/h3-5,8,12H,6H2,1-2H3,(H,14,15). The molecule has 0 aromatic heterocycles. The normalized spacial score (nSPS) is 12.9. The zero-order chi connectivity index (χ0) is 16.2. The number of hydrogen-bond donors (Lipinski definition) is 2. The number of ether oxygens (including phenoxy) is 1. The van der Waals surface area contributed by atoms with Crippen molar-refractivity contribution in [3.63, 3.8) is 0 Å². The third kappa shape index (κ3) is 3.97. The van der Waals surface area contributed by atoms with Crippen LogP contribution in [0.2, 0.25) is 0 Å². The molecule has 116 valence electrons. The Morgan fingerprint density at radius 1 is 1.52 bits per heavy atom. The average Bonchev–Trinajstić information content (AvgIpc) is 2.37. The summed E-state index contributed by atoms with van der Waals surface area (Å²) in [6.45, 7) is 0.974. The van der Waals surface area contributed by atoms with E-state index in [2.05, 4.69) is 4.74 Å². The number of nitrogens with zero attached hydrogens (tertiary/aromatic N) is 1. The van der Waals surface area contributed by atoms with E-state index in [4.69, 9.17) is 5.11 Å². The molecule has 2 N–H and O–H groups in total. The van der Waals surface area contributed by atoms with Crippen LogP contribution in [0.25, 0.3) is 0 Å². The van der Waals surface area contributed by atoms with Gasteiger partial charge in [-0.15, -0.1) is 0 Å². The number of carboxylic acid groups (broad SMARTS) is 1. The van der Waals surface area contributed by atoms with Crippen LogP contribution in [0, 0.1) is 17.0 Å². The molecule has 1 aromatic rings. The summed E-state index contributed by atoms with van der Waals surface area (Å²) in [5.74, 6) is -1.45. The highest BCUT2D eigenvalue weighted by molar-refractivity contribution is 7.89. The first-order valence-corrected chi connectivity index (χ1v) is 7.17. The maximum absolute atomic E-state index is 12.2. The molecule has 0 fully saturated rings. The lowest BCUT2D eigenvalue weighted by molar-refractivity contribution is -0.387. The van der Waals surface area contributed by atoms with Crippen molar-refractivity contribution >= 4 is 21.7 Å². The molecule has 1 atom stereocenters. The number of carboxylic acids is 1. The van der Waals surface area contributed by atoms with Crippen molar-refractivity contribution in [2.75, 3.05) is 13.7 Å². The zero-order valence-electron chi connectivity index (χ0n) is 11.3. The van der Waals surface area contributed by atoms with Crippen molar-refractivity contribution in [3.8, 4) is 0 Å². The lowest BCUT2D eigenvalue weighted by Gasteiger charge is -2.15. The van der Waals surface area contributed by atoms with Crippen LogP contribution in [0.4, 0.5) is 5.69 Å². The van der Waals surface area contributed by atoms with Gasteiger partial charge in [0.2, 0.25) is 10.0 Å². The third-order valence-corrected chi connectivity index (χ3v) is 4.25. The maximum atomic E-state index is 12.2. The fourth-order valence-corrected chi connectivity index (χ4v) is 3.27. The summed E-state index contributed by atoms with van der Waals surface area (Å²) in [7, 11) is -3.18. The van der Waals surface area contributed by atoms with Gasteiger partial charge in [-0.05, 0) is 12.5 Å². The smallest absolute Gasteiger partial charge is 0.324 e. The van der Waals surface area contributed by atoms with E-state index in [1.54, 1.807) is 0 Å². The Kier molecular flexibility index (Phi) is 5.35. The van der Waals surface area contributed by atoms with Gasteiger partial charge in [-0.1, -0.05) is 12.1 Å². The van der Waals surface area contributed by atoms with E-state index >= 15 is 0 Å². The number of benzene rings is 1. The molecule has 0 saturated carbocycles. The minimum Gasteiger partial charge on any atom is -0.480 e. The fourth-order valence-electron chi connectivity index (χ4n) is 1.70. The number of nitro benzene ring substituents is 1. The number of aryl methyl sites for hydroxylation is 1. The van der Waals surface area contributed by atoms with E-state index in [1.165, 1.54) is 26.2 Å². The van der Waals surface area contributed by atoms with Gasteiger partial charge in [-0.2, -0.15) is 4.72 Å². The minimum absolute atomic E-state index is 0.137. The monoisotopic (exact) mass is 318 g/mol. The second-order valence-electron chi connectivity index (χ2n) is 4.15. The summed E-state index contributed by atoms with van der Waals surface area (Å²) in [4.78, 5) is 20.5. The Bertz CT molecular complexity index is 657. The van der Waals surface area contributed by atoms with Crippen LogP contribution in [-0.2, 0) is 19.6 Å². The Morgan fingerprint density at radius 3 is 2.62 bits per heavy atom. The van der Waals surface area contributed by atoms with E-state index in [0.717, 1.165) is 6.07 Å². The summed E-state index contributed by atoms with van der Waals surface area (Å²) >= 11 is 0. The third-order valence-electron chi connectivity index (χ3n) is 2.59. The summed E-state index contributed by atoms with van der Waals surface area (Å²) in [6, 6.07) is 2.22. The molecule has 10 heteroatoms. The van der Waals surface area contributed by atoms with Gasteiger partial charge in [-0.25, -0.2) is 8.42 Å². The first kappa shape index (κ1) is 17.0. The molecule has 21 heavy (non-hydrogen) atoms. The second kappa shape index (κ2) is 6.61. The number of carbonyl (C=O) groups is 1. The Balaban J connectivity index is 3.31. The predicted molar refractivity (Wildman–Crippen MR) is 71.5 cm³/mol. The van der Waals surface area contributed by atoms with Crippen LogP contribution in [0.3, 0.4) is 0 Å². The number of methoxy groups -OCH3 is 1. The molecule has 0 heterocycles. The van der Waals surface area contributed by atoms with Crippen LogP contribution in [0.5, 0.6) is 0 Å². The van der Waals surface area contributed by atoms with Crippen LogP contribution >= 0.6 is 0 Å². The molecule has 1 rings (SSSR count). The van der Waals surface area contributed by atoms with Gasteiger partial charge in [-0.3, -0.25) is 14.9 Å². The molecule has 0 spiro atoms. The highest BCUT2D eigenvalue weighted by Gasteiger charge is 2.32. The van der Waals surface area contributed by atoms with Crippen LogP contribution in [0.15, 0.2) is 23.1 Å². The number of nitrogens with one attached hydrogen (secondary N) is 1. The average molecular weight is 318 g/mol. The van der Waals surface area contributed by atoms with Crippen LogP contribution < -0.4 is 4.72 Å². The molecule has 0 bridgehead atoms. The highest BCUT2D eigenvalue weighted by Crippen LogP contribution is 2.26. The molecule has 0 radical (unpaired) electrons. The zero-order valence-corrected chi connectivity index (χ0v) is 12.1. The molecule has 1 unspecified atom stereocenters. The van der Waals surface area contributed by atoms with Crippen molar-refractivity contribution in [2.45, 2.75) is 17.9 Å². The van der Waals surface area contributed by atoms with E-state index in [9.17, 15) is 23.3 Å². The van der Waals surface area contributed by atoms with E-state index in [0.29, 0.717) is 0 Å². The van der Waals surface area contributed by atoms with Gasteiger partial charge in [0, 0.05) is 13.2 Å². The SMILES string of the molecule is COCC(NS(=O)(=O)c1c(C)cccc1[N+](=O)[O-])C(=O)O. The topological polar surface area (TPSA) is 136 Å². The molecule has 0 aliphatic rings. The number of hydrogen-bond acceptors (Lipinski definition) is 6. The van der Waals surface area contributed by atoms with Gasteiger partial charge >= 0.3 is 5.97 Å². The van der Waals surface area contributed by atoms with Gasteiger partial charge in [0.15, 0.2) is 4.90 Å². The lowest BCUT2D eigenvalue weighted by Crippen LogP contribution is -2.44. The molecule has 0 amide bonds.